The van der Waals surface area contributed by atoms with Crippen LogP contribution in [0.15, 0.2) is 46.9 Å². The van der Waals surface area contributed by atoms with Gasteiger partial charge >= 0.3 is 0 Å². The summed E-state index contributed by atoms with van der Waals surface area (Å²) in [7, 11) is 0. The molecule has 0 aromatic heterocycles. The maximum atomic E-state index is 5.66. The van der Waals surface area contributed by atoms with Gasteiger partial charge in [-0.3, -0.25) is 0 Å². The molecule has 1 heterocycles. The average Bonchev–Trinajstić information content (AvgIpc) is 2.56. The fraction of sp³-hybridized carbons (Fsp3) is 0.294. The molecular formula is C17H18BrNO3. The first-order valence-electron chi connectivity index (χ1n) is 7.29. The highest BCUT2D eigenvalue weighted by Gasteiger charge is 2.11. The Morgan fingerprint density at radius 1 is 1.00 bits per heavy atom. The van der Waals surface area contributed by atoms with Crippen molar-refractivity contribution >= 4 is 15.9 Å². The van der Waals surface area contributed by atoms with Crippen LogP contribution in [0.1, 0.15) is 5.56 Å². The van der Waals surface area contributed by atoms with Crippen LogP contribution < -0.4 is 19.5 Å². The topological polar surface area (TPSA) is 39.7 Å². The molecule has 2 aromatic rings. The van der Waals surface area contributed by atoms with Crippen molar-refractivity contribution in [1.29, 1.82) is 0 Å². The van der Waals surface area contributed by atoms with Crippen molar-refractivity contribution in [2.24, 2.45) is 0 Å². The molecule has 0 fully saturated rings. The van der Waals surface area contributed by atoms with Gasteiger partial charge in [0.05, 0.1) is 0 Å². The van der Waals surface area contributed by atoms with Gasteiger partial charge in [0.2, 0.25) is 0 Å². The molecule has 4 nitrogen and oxygen atoms in total. The Hall–Kier alpha value is -1.72. The summed E-state index contributed by atoms with van der Waals surface area (Å²) in [6.45, 7) is 3.43. The second kappa shape index (κ2) is 7.51. The standard InChI is InChI=1S/C17H18BrNO3/c18-14-2-4-15(5-3-14)20-8-7-19-12-13-1-6-16-17(11-13)22-10-9-21-16/h1-6,11,19H,7-10,12H2. The van der Waals surface area contributed by atoms with Crippen LogP contribution in [-0.4, -0.2) is 26.4 Å². The lowest BCUT2D eigenvalue weighted by Crippen LogP contribution is -2.21. The van der Waals surface area contributed by atoms with Crippen molar-refractivity contribution in [2.45, 2.75) is 6.54 Å². The van der Waals surface area contributed by atoms with E-state index in [1.165, 1.54) is 5.56 Å². The number of hydrogen-bond donors (Lipinski definition) is 1. The number of halogens is 1. The Balaban J connectivity index is 1.40. The van der Waals surface area contributed by atoms with Crippen LogP contribution in [-0.2, 0) is 6.54 Å². The second-order valence-electron chi connectivity index (χ2n) is 4.96. The van der Waals surface area contributed by atoms with Crippen LogP contribution in [0.3, 0.4) is 0 Å². The normalized spacial score (nSPS) is 13.0. The molecule has 0 amide bonds. The number of ether oxygens (including phenoxy) is 3. The molecule has 0 atom stereocenters. The molecule has 0 radical (unpaired) electrons. The van der Waals surface area contributed by atoms with Crippen LogP contribution in [0.2, 0.25) is 0 Å². The van der Waals surface area contributed by atoms with Crippen molar-refractivity contribution in [2.75, 3.05) is 26.4 Å². The Labute approximate surface area is 138 Å². The van der Waals surface area contributed by atoms with Gasteiger partial charge in [0.15, 0.2) is 11.5 Å². The lowest BCUT2D eigenvalue weighted by molar-refractivity contribution is 0.171. The van der Waals surface area contributed by atoms with Crippen LogP contribution >= 0.6 is 15.9 Å². The lowest BCUT2D eigenvalue weighted by Gasteiger charge is -2.19. The molecule has 1 aliphatic heterocycles. The molecule has 0 saturated carbocycles. The molecule has 0 aliphatic carbocycles. The smallest absolute Gasteiger partial charge is 0.161 e. The molecule has 116 valence electrons. The highest BCUT2D eigenvalue weighted by atomic mass is 79.9. The number of benzene rings is 2. The minimum atomic E-state index is 0.616. The maximum absolute atomic E-state index is 5.66. The van der Waals surface area contributed by atoms with Gasteiger partial charge in [-0.05, 0) is 42.0 Å². The van der Waals surface area contributed by atoms with Crippen molar-refractivity contribution in [3.63, 3.8) is 0 Å². The molecule has 0 saturated heterocycles. The molecule has 1 aliphatic rings. The first-order valence-corrected chi connectivity index (χ1v) is 8.08. The van der Waals surface area contributed by atoms with Gasteiger partial charge in [0, 0.05) is 17.6 Å². The summed E-state index contributed by atoms with van der Waals surface area (Å²) in [6.07, 6.45) is 0. The van der Waals surface area contributed by atoms with Gasteiger partial charge < -0.3 is 19.5 Å². The molecule has 0 spiro atoms. The maximum Gasteiger partial charge on any atom is 0.161 e. The van der Waals surface area contributed by atoms with Crippen LogP contribution in [0, 0.1) is 0 Å². The van der Waals surface area contributed by atoms with Crippen LogP contribution in [0.4, 0.5) is 0 Å². The van der Waals surface area contributed by atoms with Gasteiger partial charge in [-0.25, -0.2) is 0 Å². The summed E-state index contributed by atoms with van der Waals surface area (Å²) in [4.78, 5) is 0. The quantitative estimate of drug-likeness (QED) is 0.798. The largest absolute Gasteiger partial charge is 0.492 e. The lowest BCUT2D eigenvalue weighted by atomic mass is 10.2. The summed E-state index contributed by atoms with van der Waals surface area (Å²) in [5, 5.41) is 3.36. The van der Waals surface area contributed by atoms with Gasteiger partial charge in [0.1, 0.15) is 25.6 Å². The van der Waals surface area contributed by atoms with E-state index >= 15 is 0 Å². The first-order chi connectivity index (χ1) is 10.8. The molecule has 3 rings (SSSR count). The van der Waals surface area contributed by atoms with Crippen LogP contribution in [0.25, 0.3) is 0 Å². The second-order valence-corrected chi connectivity index (χ2v) is 5.87. The van der Waals surface area contributed by atoms with Crippen molar-refractivity contribution in [3.05, 3.63) is 52.5 Å². The van der Waals surface area contributed by atoms with E-state index in [-0.39, 0.29) is 0 Å². The van der Waals surface area contributed by atoms with E-state index < -0.39 is 0 Å². The zero-order valence-corrected chi connectivity index (χ0v) is 13.8. The number of nitrogens with one attached hydrogen (secondary N) is 1. The van der Waals surface area contributed by atoms with Crippen molar-refractivity contribution in [1.82, 2.24) is 5.32 Å². The Morgan fingerprint density at radius 2 is 1.77 bits per heavy atom. The average molecular weight is 364 g/mol. The molecular weight excluding hydrogens is 346 g/mol. The number of hydrogen-bond acceptors (Lipinski definition) is 4. The number of fused-ring (bicyclic) bond motifs is 1. The predicted molar refractivity (Wildman–Crippen MR) is 88.8 cm³/mol. The zero-order valence-electron chi connectivity index (χ0n) is 12.2. The first kappa shape index (κ1) is 15.2. The summed E-state index contributed by atoms with van der Waals surface area (Å²) in [5.74, 6) is 2.54. The van der Waals surface area contributed by atoms with E-state index in [0.29, 0.717) is 19.8 Å². The van der Waals surface area contributed by atoms with E-state index in [9.17, 15) is 0 Å². The minimum Gasteiger partial charge on any atom is -0.492 e. The third kappa shape index (κ3) is 4.15. The highest BCUT2D eigenvalue weighted by molar-refractivity contribution is 9.10. The summed E-state index contributed by atoms with van der Waals surface area (Å²) < 4.78 is 17.8. The Kier molecular flexibility index (Phi) is 5.19. The van der Waals surface area contributed by atoms with E-state index in [4.69, 9.17) is 14.2 Å². The summed E-state index contributed by atoms with van der Waals surface area (Å²) in [6, 6.07) is 13.9. The van der Waals surface area contributed by atoms with Gasteiger partial charge in [-0.1, -0.05) is 22.0 Å². The molecule has 0 bridgehead atoms. The molecule has 5 heteroatoms. The SMILES string of the molecule is Brc1ccc(OCCNCc2ccc3c(c2)OCCO3)cc1. The zero-order chi connectivity index (χ0) is 15.2. The third-order valence-electron chi connectivity index (χ3n) is 3.30. The Morgan fingerprint density at radius 3 is 2.59 bits per heavy atom. The molecule has 2 aromatic carbocycles. The van der Waals surface area contributed by atoms with Gasteiger partial charge in [-0.15, -0.1) is 0 Å². The minimum absolute atomic E-state index is 0.616. The molecule has 0 unspecified atom stereocenters. The monoisotopic (exact) mass is 363 g/mol. The van der Waals surface area contributed by atoms with Crippen molar-refractivity contribution < 1.29 is 14.2 Å². The van der Waals surface area contributed by atoms with Crippen LogP contribution in [0.5, 0.6) is 17.2 Å². The number of rotatable bonds is 6. The fourth-order valence-electron chi connectivity index (χ4n) is 2.20. The Bertz CT molecular complexity index is 616. The van der Waals surface area contributed by atoms with E-state index in [2.05, 4.69) is 27.3 Å². The van der Waals surface area contributed by atoms with Crippen molar-refractivity contribution in [3.8, 4) is 17.2 Å². The van der Waals surface area contributed by atoms with E-state index in [1.54, 1.807) is 0 Å². The summed E-state index contributed by atoms with van der Waals surface area (Å²) >= 11 is 3.40. The molecule has 1 N–H and O–H groups in total. The fourth-order valence-corrected chi connectivity index (χ4v) is 2.47. The van der Waals surface area contributed by atoms with Gasteiger partial charge in [0.25, 0.3) is 0 Å². The highest BCUT2D eigenvalue weighted by Crippen LogP contribution is 2.30. The third-order valence-corrected chi connectivity index (χ3v) is 3.83. The molecule has 22 heavy (non-hydrogen) atoms. The predicted octanol–water partition coefficient (Wildman–Crippen LogP) is 3.39. The summed E-state index contributed by atoms with van der Waals surface area (Å²) in [5.41, 5.74) is 1.17. The van der Waals surface area contributed by atoms with E-state index in [1.807, 2.05) is 36.4 Å². The van der Waals surface area contributed by atoms with E-state index in [0.717, 1.165) is 34.8 Å². The van der Waals surface area contributed by atoms with Gasteiger partial charge in [-0.2, -0.15) is 0 Å².